The van der Waals surface area contributed by atoms with E-state index in [4.69, 9.17) is 9.47 Å². The summed E-state index contributed by atoms with van der Waals surface area (Å²) < 4.78 is 11.1. The Bertz CT molecular complexity index is 533. The molecule has 3 N–H and O–H groups in total. The molecule has 3 amide bonds. The van der Waals surface area contributed by atoms with Crippen LogP contribution in [0.5, 0.6) is 11.5 Å². The Balaban J connectivity index is 2.01. The summed E-state index contributed by atoms with van der Waals surface area (Å²) in [6.45, 7) is 2.90. The highest BCUT2D eigenvalue weighted by atomic mass is 16.5. The molecule has 0 aromatic heterocycles. The number of hydrogen-bond donors (Lipinski definition) is 3. The number of ether oxygens (including phenoxy) is 2. The quantitative estimate of drug-likeness (QED) is 0.776. The third-order valence-electron chi connectivity index (χ3n) is 2.99. The SMILES string of the molecule is CNC(=O)NC(=O)C(C)Nc1ccc2c(c1)OCCCO2. The molecular formula is C14H19N3O4. The number of anilines is 1. The van der Waals surface area contributed by atoms with Crippen molar-refractivity contribution in [3.05, 3.63) is 18.2 Å². The molecule has 0 fully saturated rings. The van der Waals surface area contributed by atoms with Gasteiger partial charge in [-0.05, 0) is 19.1 Å². The first-order chi connectivity index (χ1) is 10.1. The minimum absolute atomic E-state index is 0.415. The second-order valence-electron chi connectivity index (χ2n) is 4.65. The fourth-order valence-electron chi connectivity index (χ4n) is 1.85. The standard InChI is InChI=1S/C14H19N3O4/c1-9(13(18)17-14(19)15-2)16-10-4-5-11-12(8-10)21-7-3-6-20-11/h4-5,8-9,16H,3,6-7H2,1-2H3,(H2,15,17,18,19). The van der Waals surface area contributed by atoms with Gasteiger partial charge in [-0.15, -0.1) is 0 Å². The van der Waals surface area contributed by atoms with E-state index in [1.807, 2.05) is 0 Å². The number of urea groups is 1. The molecule has 1 aromatic carbocycles. The van der Waals surface area contributed by atoms with Gasteiger partial charge in [0.15, 0.2) is 11.5 Å². The van der Waals surface area contributed by atoms with Gasteiger partial charge in [-0.3, -0.25) is 10.1 Å². The molecule has 1 aliphatic heterocycles. The number of rotatable bonds is 3. The topological polar surface area (TPSA) is 88.7 Å². The maximum Gasteiger partial charge on any atom is 0.321 e. The van der Waals surface area contributed by atoms with Gasteiger partial charge in [-0.2, -0.15) is 0 Å². The molecule has 7 heteroatoms. The number of fused-ring (bicyclic) bond motifs is 1. The third kappa shape index (κ3) is 4.01. The first kappa shape index (κ1) is 15.0. The van der Waals surface area contributed by atoms with Crippen molar-refractivity contribution in [1.82, 2.24) is 10.6 Å². The summed E-state index contributed by atoms with van der Waals surface area (Å²) in [5.74, 6) is 0.929. The second-order valence-corrected chi connectivity index (χ2v) is 4.65. The lowest BCUT2D eigenvalue weighted by atomic mass is 10.2. The first-order valence-electron chi connectivity index (χ1n) is 6.79. The van der Waals surface area contributed by atoms with Crippen molar-refractivity contribution in [3.63, 3.8) is 0 Å². The van der Waals surface area contributed by atoms with E-state index in [0.717, 1.165) is 12.1 Å². The molecular weight excluding hydrogens is 274 g/mol. The van der Waals surface area contributed by atoms with Crippen LogP contribution in [-0.4, -0.2) is 38.2 Å². The molecule has 1 aromatic rings. The van der Waals surface area contributed by atoms with Crippen molar-refractivity contribution >= 4 is 17.6 Å². The van der Waals surface area contributed by atoms with Crippen LogP contribution in [-0.2, 0) is 4.79 Å². The Morgan fingerprint density at radius 3 is 2.62 bits per heavy atom. The Labute approximate surface area is 123 Å². The number of amides is 3. The van der Waals surface area contributed by atoms with Crippen molar-refractivity contribution in [3.8, 4) is 11.5 Å². The molecule has 7 nitrogen and oxygen atoms in total. The minimum atomic E-state index is -0.563. The summed E-state index contributed by atoms with van der Waals surface area (Å²) >= 11 is 0. The molecule has 0 radical (unpaired) electrons. The fraction of sp³-hybridized carbons (Fsp3) is 0.429. The van der Waals surface area contributed by atoms with E-state index in [-0.39, 0.29) is 0 Å². The van der Waals surface area contributed by atoms with Gasteiger partial charge in [-0.25, -0.2) is 4.79 Å². The highest BCUT2D eigenvalue weighted by molar-refractivity contribution is 5.97. The largest absolute Gasteiger partial charge is 0.490 e. The van der Waals surface area contributed by atoms with Gasteiger partial charge in [0.1, 0.15) is 6.04 Å². The van der Waals surface area contributed by atoms with E-state index in [0.29, 0.717) is 24.7 Å². The van der Waals surface area contributed by atoms with Crippen molar-refractivity contribution in [1.29, 1.82) is 0 Å². The van der Waals surface area contributed by atoms with Crippen LogP contribution in [0.15, 0.2) is 18.2 Å². The van der Waals surface area contributed by atoms with E-state index in [9.17, 15) is 9.59 Å². The van der Waals surface area contributed by atoms with Crippen LogP contribution >= 0.6 is 0 Å². The Hall–Kier alpha value is -2.44. The van der Waals surface area contributed by atoms with Crippen LogP contribution < -0.4 is 25.4 Å². The Morgan fingerprint density at radius 1 is 1.19 bits per heavy atom. The van der Waals surface area contributed by atoms with Crippen LogP contribution in [0.1, 0.15) is 13.3 Å². The summed E-state index contributed by atoms with van der Waals surface area (Å²) in [4.78, 5) is 22.9. The zero-order chi connectivity index (χ0) is 15.2. The molecule has 1 aliphatic rings. The van der Waals surface area contributed by atoms with Gasteiger partial charge in [0.25, 0.3) is 0 Å². The fourth-order valence-corrected chi connectivity index (χ4v) is 1.85. The molecule has 2 rings (SSSR count). The maximum absolute atomic E-state index is 11.8. The molecule has 0 saturated heterocycles. The van der Waals surface area contributed by atoms with Crippen molar-refractivity contribution < 1.29 is 19.1 Å². The molecule has 0 saturated carbocycles. The monoisotopic (exact) mass is 293 g/mol. The van der Waals surface area contributed by atoms with Gasteiger partial charge >= 0.3 is 6.03 Å². The minimum Gasteiger partial charge on any atom is -0.490 e. The zero-order valence-corrected chi connectivity index (χ0v) is 12.1. The average molecular weight is 293 g/mol. The molecule has 1 heterocycles. The third-order valence-corrected chi connectivity index (χ3v) is 2.99. The number of carbonyl (C=O) groups is 2. The highest BCUT2D eigenvalue weighted by Gasteiger charge is 2.16. The lowest BCUT2D eigenvalue weighted by Gasteiger charge is -2.16. The molecule has 21 heavy (non-hydrogen) atoms. The van der Waals surface area contributed by atoms with E-state index >= 15 is 0 Å². The van der Waals surface area contributed by atoms with Crippen LogP contribution in [0.25, 0.3) is 0 Å². The van der Waals surface area contributed by atoms with Gasteiger partial charge in [0.05, 0.1) is 13.2 Å². The highest BCUT2D eigenvalue weighted by Crippen LogP contribution is 2.32. The number of benzene rings is 1. The smallest absolute Gasteiger partial charge is 0.321 e. The van der Waals surface area contributed by atoms with Gasteiger partial charge in [0, 0.05) is 25.2 Å². The number of nitrogens with one attached hydrogen (secondary N) is 3. The lowest BCUT2D eigenvalue weighted by molar-refractivity contribution is -0.120. The molecule has 114 valence electrons. The van der Waals surface area contributed by atoms with Gasteiger partial charge in [-0.1, -0.05) is 0 Å². The summed E-state index contributed by atoms with van der Waals surface area (Å²) in [7, 11) is 1.45. The molecule has 0 aliphatic carbocycles. The molecule has 0 bridgehead atoms. The van der Waals surface area contributed by atoms with Crippen LogP contribution in [0.2, 0.25) is 0 Å². The Kier molecular flexibility index (Phi) is 4.86. The first-order valence-corrected chi connectivity index (χ1v) is 6.79. The molecule has 1 atom stereocenters. The van der Waals surface area contributed by atoms with Crippen molar-refractivity contribution in [2.45, 2.75) is 19.4 Å². The molecule has 0 spiro atoms. The summed E-state index contributed by atoms with van der Waals surface area (Å²) in [5, 5.41) is 7.56. The molecule has 1 unspecified atom stereocenters. The summed E-state index contributed by atoms with van der Waals surface area (Å²) in [6.07, 6.45) is 0.836. The van der Waals surface area contributed by atoms with E-state index in [1.165, 1.54) is 7.05 Å². The predicted molar refractivity (Wildman–Crippen MR) is 77.7 cm³/mol. The lowest BCUT2D eigenvalue weighted by Crippen LogP contribution is -2.44. The normalized spacial score (nSPS) is 14.6. The number of hydrogen-bond acceptors (Lipinski definition) is 5. The Morgan fingerprint density at radius 2 is 1.90 bits per heavy atom. The predicted octanol–water partition coefficient (Wildman–Crippen LogP) is 1.10. The van der Waals surface area contributed by atoms with Gasteiger partial charge in [0.2, 0.25) is 5.91 Å². The van der Waals surface area contributed by atoms with Gasteiger partial charge < -0.3 is 20.1 Å². The van der Waals surface area contributed by atoms with Crippen LogP contribution in [0.4, 0.5) is 10.5 Å². The van der Waals surface area contributed by atoms with Crippen LogP contribution in [0.3, 0.4) is 0 Å². The van der Waals surface area contributed by atoms with Crippen LogP contribution in [0, 0.1) is 0 Å². The zero-order valence-electron chi connectivity index (χ0n) is 12.1. The number of imide groups is 1. The van der Waals surface area contributed by atoms with E-state index < -0.39 is 18.0 Å². The van der Waals surface area contributed by atoms with Crippen molar-refractivity contribution in [2.24, 2.45) is 0 Å². The summed E-state index contributed by atoms with van der Waals surface area (Å²) in [5.41, 5.74) is 0.721. The van der Waals surface area contributed by atoms with E-state index in [2.05, 4.69) is 16.0 Å². The summed E-state index contributed by atoms with van der Waals surface area (Å²) in [6, 6.07) is 4.28. The number of carbonyl (C=O) groups excluding carboxylic acids is 2. The average Bonchev–Trinajstić information content (AvgIpc) is 2.71. The van der Waals surface area contributed by atoms with E-state index in [1.54, 1.807) is 25.1 Å². The second kappa shape index (κ2) is 6.83. The maximum atomic E-state index is 11.8. The van der Waals surface area contributed by atoms with Crippen molar-refractivity contribution in [2.75, 3.05) is 25.6 Å².